The van der Waals surface area contributed by atoms with E-state index in [0.29, 0.717) is 24.4 Å². The number of ether oxygens (including phenoxy) is 2. The van der Waals surface area contributed by atoms with Crippen LogP contribution in [0.2, 0.25) is 0 Å². The minimum Gasteiger partial charge on any atom is -0.478 e. The molecule has 0 amide bonds. The molecule has 7 nitrogen and oxygen atoms in total. The third-order valence-corrected chi connectivity index (χ3v) is 2.85. The normalized spacial score (nSPS) is 12.2. The molecule has 0 saturated carbocycles. The van der Waals surface area contributed by atoms with E-state index in [1.165, 1.54) is 0 Å². The lowest BCUT2D eigenvalue weighted by Gasteiger charge is -2.16. The van der Waals surface area contributed by atoms with Gasteiger partial charge in [0.15, 0.2) is 5.82 Å². The molecule has 2 N–H and O–H groups in total. The minimum atomic E-state index is -1.03. The number of nitrogens with one attached hydrogen (secondary N) is 1. The summed E-state index contributed by atoms with van der Waals surface area (Å²) in [5, 5.41) is 20.0. The fourth-order valence-electron chi connectivity index (χ4n) is 1.60. The van der Waals surface area contributed by atoms with Crippen LogP contribution in [0.4, 0.5) is 5.82 Å². The maximum atomic E-state index is 11.3. The molecule has 0 bridgehead atoms. The predicted octanol–water partition coefficient (Wildman–Crippen LogP) is 0.865. The van der Waals surface area contributed by atoms with Gasteiger partial charge in [-0.3, -0.25) is 0 Å². The molecule has 0 aliphatic carbocycles. The summed E-state index contributed by atoms with van der Waals surface area (Å²) in [6, 6.07) is 0. The molecular weight excluding hydrogens is 250 g/mol. The maximum absolute atomic E-state index is 11.3. The molecular formula is C12H19N3O4. The monoisotopic (exact) mass is 269 g/mol. The fraction of sp³-hybridized carbons (Fsp3) is 0.583. The second-order valence-electron chi connectivity index (χ2n) is 4.13. The number of methoxy groups -OCH3 is 2. The number of carbonyl (C=O) groups is 1. The summed E-state index contributed by atoms with van der Waals surface area (Å²) < 4.78 is 10.2. The molecule has 0 aliphatic rings. The van der Waals surface area contributed by atoms with Gasteiger partial charge < -0.3 is 19.9 Å². The molecule has 0 aromatic carbocycles. The van der Waals surface area contributed by atoms with E-state index in [9.17, 15) is 9.90 Å². The van der Waals surface area contributed by atoms with E-state index in [1.807, 2.05) is 0 Å². The number of rotatable bonds is 7. The third kappa shape index (κ3) is 3.87. The first-order chi connectivity index (χ1) is 9.01. The first-order valence-electron chi connectivity index (χ1n) is 5.84. The molecule has 1 unspecified atom stereocenters. The Kier molecular flexibility index (Phi) is 5.65. The highest BCUT2D eigenvalue weighted by atomic mass is 16.5. The van der Waals surface area contributed by atoms with Crippen molar-refractivity contribution in [3.8, 4) is 0 Å². The van der Waals surface area contributed by atoms with E-state index >= 15 is 0 Å². The van der Waals surface area contributed by atoms with E-state index in [1.54, 1.807) is 28.1 Å². The first-order valence-corrected chi connectivity index (χ1v) is 5.84. The van der Waals surface area contributed by atoms with Crippen molar-refractivity contribution in [3.05, 3.63) is 16.8 Å². The molecule has 1 aromatic rings. The lowest BCUT2D eigenvalue weighted by atomic mass is 10.1. The van der Waals surface area contributed by atoms with Crippen LogP contribution in [0.1, 0.15) is 21.6 Å². The summed E-state index contributed by atoms with van der Waals surface area (Å²) in [7, 11) is 3.14. The van der Waals surface area contributed by atoms with E-state index in [2.05, 4.69) is 15.5 Å². The van der Waals surface area contributed by atoms with Gasteiger partial charge in [-0.15, -0.1) is 5.10 Å². The third-order valence-electron chi connectivity index (χ3n) is 2.85. The Morgan fingerprint density at radius 1 is 1.37 bits per heavy atom. The van der Waals surface area contributed by atoms with E-state index in [-0.39, 0.29) is 17.5 Å². The van der Waals surface area contributed by atoms with Crippen LogP contribution in [0.3, 0.4) is 0 Å². The van der Waals surface area contributed by atoms with Crippen LogP contribution < -0.4 is 5.32 Å². The van der Waals surface area contributed by atoms with Crippen molar-refractivity contribution in [2.75, 3.05) is 32.7 Å². The molecule has 1 aromatic heterocycles. The van der Waals surface area contributed by atoms with Gasteiger partial charge in [0.25, 0.3) is 0 Å². The average Bonchev–Trinajstić information content (AvgIpc) is 2.37. The highest BCUT2D eigenvalue weighted by Crippen LogP contribution is 2.18. The van der Waals surface area contributed by atoms with Crippen molar-refractivity contribution in [1.29, 1.82) is 0 Å². The number of anilines is 1. The van der Waals surface area contributed by atoms with Gasteiger partial charge in [-0.05, 0) is 19.4 Å². The Bertz CT molecular complexity index is 451. The largest absolute Gasteiger partial charge is 0.478 e. The first kappa shape index (κ1) is 15.3. The number of carboxylic acids is 1. The minimum absolute atomic E-state index is 0.139. The lowest BCUT2D eigenvalue weighted by molar-refractivity contribution is 0.0365. The van der Waals surface area contributed by atoms with Gasteiger partial charge in [-0.25, -0.2) is 4.79 Å². The zero-order valence-electron chi connectivity index (χ0n) is 11.6. The number of hydrogen-bond donors (Lipinski definition) is 2. The van der Waals surface area contributed by atoms with E-state index in [4.69, 9.17) is 9.47 Å². The SMILES string of the molecule is COCC(CNc1nnc(C)c(C)c1C(=O)O)OC. The van der Waals surface area contributed by atoms with Crippen molar-refractivity contribution in [3.63, 3.8) is 0 Å². The molecule has 19 heavy (non-hydrogen) atoms. The van der Waals surface area contributed by atoms with Gasteiger partial charge in [-0.1, -0.05) is 0 Å². The summed E-state index contributed by atoms with van der Waals surface area (Å²) in [6.45, 7) is 4.23. The van der Waals surface area contributed by atoms with Gasteiger partial charge in [0, 0.05) is 20.8 Å². The number of aryl methyl sites for hydroxylation is 1. The molecule has 1 atom stereocenters. The molecule has 106 valence electrons. The highest BCUT2D eigenvalue weighted by molar-refractivity contribution is 5.94. The van der Waals surface area contributed by atoms with Gasteiger partial charge in [-0.2, -0.15) is 5.10 Å². The maximum Gasteiger partial charge on any atom is 0.339 e. The van der Waals surface area contributed by atoms with Gasteiger partial charge >= 0.3 is 5.97 Å². The Balaban J connectivity index is 2.89. The van der Waals surface area contributed by atoms with E-state index < -0.39 is 5.97 Å². The molecule has 0 saturated heterocycles. The van der Waals surface area contributed by atoms with Crippen LogP contribution in [0, 0.1) is 13.8 Å². The van der Waals surface area contributed by atoms with Gasteiger partial charge in [0.05, 0.1) is 18.4 Å². The number of nitrogens with zero attached hydrogens (tertiary/aromatic N) is 2. The summed E-state index contributed by atoms with van der Waals surface area (Å²) in [5.41, 5.74) is 1.34. The summed E-state index contributed by atoms with van der Waals surface area (Å²) in [6.07, 6.45) is -0.185. The summed E-state index contributed by atoms with van der Waals surface area (Å²) in [4.78, 5) is 11.3. The van der Waals surface area contributed by atoms with Crippen LogP contribution in [-0.4, -0.2) is 54.7 Å². The van der Waals surface area contributed by atoms with Gasteiger partial charge in [0.2, 0.25) is 0 Å². The molecule has 7 heteroatoms. The molecule has 1 rings (SSSR count). The standard InChI is InChI=1S/C12H19N3O4/c1-7-8(2)14-15-11(10(7)12(16)17)13-5-9(19-4)6-18-3/h9H,5-6H2,1-4H3,(H,13,15)(H,16,17). The highest BCUT2D eigenvalue weighted by Gasteiger charge is 2.18. The zero-order chi connectivity index (χ0) is 14.4. The van der Waals surface area contributed by atoms with Crippen LogP contribution in [0.25, 0.3) is 0 Å². The number of hydrogen-bond acceptors (Lipinski definition) is 6. The fourth-order valence-corrected chi connectivity index (χ4v) is 1.60. The summed E-state index contributed by atoms with van der Waals surface area (Å²) in [5.74, 6) is -0.785. The Hall–Kier alpha value is -1.73. The van der Waals surface area contributed by atoms with Crippen molar-refractivity contribution < 1.29 is 19.4 Å². The Morgan fingerprint density at radius 2 is 2.05 bits per heavy atom. The number of aromatic carboxylic acids is 1. The molecule has 0 aliphatic heterocycles. The second-order valence-corrected chi connectivity index (χ2v) is 4.13. The van der Waals surface area contributed by atoms with Gasteiger partial charge in [0.1, 0.15) is 5.56 Å². The average molecular weight is 269 g/mol. The van der Waals surface area contributed by atoms with Crippen molar-refractivity contribution in [2.45, 2.75) is 20.0 Å². The molecule has 0 fully saturated rings. The molecule has 1 heterocycles. The van der Waals surface area contributed by atoms with Crippen LogP contribution >= 0.6 is 0 Å². The topological polar surface area (TPSA) is 93.6 Å². The second kappa shape index (κ2) is 7.01. The number of carboxylic acid groups (broad SMARTS) is 1. The summed E-state index contributed by atoms with van der Waals surface area (Å²) >= 11 is 0. The molecule has 0 radical (unpaired) electrons. The Labute approximate surface area is 111 Å². The molecule has 0 spiro atoms. The zero-order valence-corrected chi connectivity index (χ0v) is 11.6. The van der Waals surface area contributed by atoms with Crippen LogP contribution in [0.5, 0.6) is 0 Å². The van der Waals surface area contributed by atoms with Crippen molar-refractivity contribution in [2.24, 2.45) is 0 Å². The predicted molar refractivity (Wildman–Crippen MR) is 69.6 cm³/mol. The number of aromatic nitrogens is 2. The quantitative estimate of drug-likeness (QED) is 0.758. The van der Waals surface area contributed by atoms with Crippen LogP contribution in [-0.2, 0) is 9.47 Å². The van der Waals surface area contributed by atoms with Crippen molar-refractivity contribution >= 4 is 11.8 Å². The lowest BCUT2D eigenvalue weighted by Crippen LogP contribution is -2.28. The van der Waals surface area contributed by atoms with Crippen LogP contribution in [0.15, 0.2) is 0 Å². The van der Waals surface area contributed by atoms with E-state index in [0.717, 1.165) is 0 Å². The smallest absolute Gasteiger partial charge is 0.339 e. The van der Waals surface area contributed by atoms with Crippen molar-refractivity contribution in [1.82, 2.24) is 10.2 Å². The Morgan fingerprint density at radius 3 is 2.58 bits per heavy atom.